The Morgan fingerprint density at radius 3 is 2.60 bits per heavy atom. The summed E-state index contributed by atoms with van der Waals surface area (Å²) in [5, 5.41) is 11.6. The monoisotopic (exact) mass is 334 g/mol. The van der Waals surface area contributed by atoms with Gasteiger partial charge >= 0.3 is 0 Å². The minimum Gasteiger partial charge on any atom is -0.492 e. The average Bonchev–Trinajstić information content (AvgIpc) is 2.46. The summed E-state index contributed by atoms with van der Waals surface area (Å²) in [5.41, 5.74) is 0.669. The van der Waals surface area contributed by atoms with Crippen LogP contribution in [0.4, 0.5) is 10.1 Å². The van der Waals surface area contributed by atoms with Crippen LogP contribution in [-0.2, 0) is 0 Å². The zero-order chi connectivity index (χ0) is 14.4. The Hall–Kier alpha value is -2.06. The fourth-order valence-corrected chi connectivity index (χ4v) is 1.88. The molecular weight excluding hydrogens is 323 g/mol. The van der Waals surface area contributed by atoms with Gasteiger partial charge in [0.05, 0.1) is 17.3 Å². The number of ether oxygens (including phenoxy) is 1. The van der Waals surface area contributed by atoms with Crippen molar-refractivity contribution in [1.29, 1.82) is 5.26 Å². The van der Waals surface area contributed by atoms with Crippen molar-refractivity contribution in [2.24, 2.45) is 0 Å². The molecular formula is C15H12BrFN2O. The minimum atomic E-state index is -0.437. The molecule has 3 nitrogen and oxygen atoms in total. The summed E-state index contributed by atoms with van der Waals surface area (Å²) in [5.74, 6) is 0.322. The number of nitrogens with zero attached hydrogens (tertiary/aromatic N) is 1. The molecule has 0 aromatic heterocycles. The van der Waals surface area contributed by atoms with E-state index in [1.54, 1.807) is 12.1 Å². The molecule has 5 heteroatoms. The molecule has 0 atom stereocenters. The molecule has 0 aliphatic heterocycles. The van der Waals surface area contributed by atoms with Crippen LogP contribution in [0.2, 0.25) is 0 Å². The predicted molar refractivity (Wildman–Crippen MR) is 79.2 cm³/mol. The lowest BCUT2D eigenvalue weighted by Crippen LogP contribution is -2.12. The molecule has 0 amide bonds. The summed E-state index contributed by atoms with van der Waals surface area (Å²) in [4.78, 5) is 0. The average molecular weight is 335 g/mol. The molecule has 0 aliphatic carbocycles. The lowest BCUT2D eigenvalue weighted by Gasteiger charge is -2.09. The second-order valence-electron chi connectivity index (χ2n) is 4.04. The van der Waals surface area contributed by atoms with E-state index in [0.717, 1.165) is 10.2 Å². The van der Waals surface area contributed by atoms with Gasteiger partial charge < -0.3 is 10.1 Å². The Labute approximate surface area is 125 Å². The summed E-state index contributed by atoms with van der Waals surface area (Å²) in [6, 6.07) is 13.7. The number of halogens is 2. The van der Waals surface area contributed by atoms with E-state index < -0.39 is 5.82 Å². The number of benzene rings is 2. The van der Waals surface area contributed by atoms with Crippen molar-refractivity contribution in [2.45, 2.75) is 0 Å². The quantitative estimate of drug-likeness (QED) is 0.842. The van der Waals surface area contributed by atoms with E-state index in [1.807, 2.05) is 30.3 Å². The number of nitrogens with one attached hydrogen (secondary N) is 1. The van der Waals surface area contributed by atoms with E-state index >= 15 is 0 Å². The maximum Gasteiger partial charge on any atom is 0.147 e. The van der Waals surface area contributed by atoms with Gasteiger partial charge in [-0.15, -0.1) is 0 Å². The largest absolute Gasteiger partial charge is 0.492 e. The van der Waals surface area contributed by atoms with Crippen LogP contribution in [0.1, 0.15) is 5.56 Å². The van der Waals surface area contributed by atoms with Gasteiger partial charge in [0.2, 0.25) is 0 Å². The van der Waals surface area contributed by atoms with Gasteiger partial charge in [-0.2, -0.15) is 5.26 Å². The molecule has 0 saturated carbocycles. The Balaban J connectivity index is 1.81. The molecule has 1 N–H and O–H groups in total. The predicted octanol–water partition coefficient (Wildman–Crippen LogP) is 3.95. The molecule has 2 rings (SSSR count). The SMILES string of the molecule is N#Cc1ccc(NCCOc2ccc(Br)cc2)c(F)c1. The fourth-order valence-electron chi connectivity index (χ4n) is 1.61. The third-order valence-electron chi connectivity index (χ3n) is 2.60. The van der Waals surface area contributed by atoms with Gasteiger partial charge in [-0.25, -0.2) is 4.39 Å². The van der Waals surface area contributed by atoms with E-state index in [9.17, 15) is 4.39 Å². The highest BCUT2D eigenvalue weighted by Crippen LogP contribution is 2.17. The van der Waals surface area contributed by atoms with Crippen LogP contribution in [0.3, 0.4) is 0 Å². The number of anilines is 1. The molecule has 0 bridgehead atoms. The molecule has 0 aliphatic rings. The molecule has 2 aromatic carbocycles. The van der Waals surface area contributed by atoms with Gasteiger partial charge in [-0.3, -0.25) is 0 Å². The summed E-state index contributed by atoms with van der Waals surface area (Å²) in [6.45, 7) is 0.889. The molecule has 20 heavy (non-hydrogen) atoms. The van der Waals surface area contributed by atoms with Gasteiger partial charge in [0.1, 0.15) is 18.2 Å². The first-order chi connectivity index (χ1) is 9.69. The first-order valence-corrected chi connectivity index (χ1v) is 6.80. The highest BCUT2D eigenvalue weighted by Gasteiger charge is 2.02. The lowest BCUT2D eigenvalue weighted by atomic mass is 10.2. The summed E-state index contributed by atoms with van der Waals surface area (Å²) in [6.07, 6.45) is 0. The van der Waals surface area contributed by atoms with Crippen molar-refractivity contribution >= 4 is 21.6 Å². The third-order valence-corrected chi connectivity index (χ3v) is 3.13. The third kappa shape index (κ3) is 3.97. The Bertz CT molecular complexity index is 623. The van der Waals surface area contributed by atoms with Crippen molar-refractivity contribution in [3.63, 3.8) is 0 Å². The fraction of sp³-hybridized carbons (Fsp3) is 0.133. The van der Waals surface area contributed by atoms with E-state index in [2.05, 4.69) is 21.2 Å². The van der Waals surface area contributed by atoms with Crippen molar-refractivity contribution in [2.75, 3.05) is 18.5 Å². The van der Waals surface area contributed by atoms with Crippen LogP contribution in [-0.4, -0.2) is 13.2 Å². The maximum atomic E-state index is 13.6. The molecule has 2 aromatic rings. The van der Waals surface area contributed by atoms with Crippen LogP contribution < -0.4 is 10.1 Å². The number of rotatable bonds is 5. The van der Waals surface area contributed by atoms with E-state index in [0.29, 0.717) is 24.4 Å². The molecule has 0 fully saturated rings. The van der Waals surface area contributed by atoms with Crippen molar-refractivity contribution in [3.8, 4) is 11.8 Å². The van der Waals surface area contributed by atoms with Crippen LogP contribution >= 0.6 is 15.9 Å². The van der Waals surface area contributed by atoms with Gasteiger partial charge in [0.25, 0.3) is 0 Å². The van der Waals surface area contributed by atoms with Gasteiger partial charge in [-0.05, 0) is 42.5 Å². The normalized spacial score (nSPS) is 9.85. The van der Waals surface area contributed by atoms with Crippen molar-refractivity contribution in [3.05, 3.63) is 58.3 Å². The smallest absolute Gasteiger partial charge is 0.147 e. The van der Waals surface area contributed by atoms with Crippen LogP contribution in [0.25, 0.3) is 0 Å². The topological polar surface area (TPSA) is 45.0 Å². The second kappa shape index (κ2) is 6.92. The summed E-state index contributed by atoms with van der Waals surface area (Å²) >= 11 is 3.35. The number of nitriles is 1. The van der Waals surface area contributed by atoms with E-state index in [4.69, 9.17) is 10.00 Å². The number of hydrogen-bond donors (Lipinski definition) is 1. The summed E-state index contributed by atoms with van der Waals surface area (Å²) in [7, 11) is 0. The van der Waals surface area contributed by atoms with Crippen LogP contribution in [0.5, 0.6) is 5.75 Å². The highest BCUT2D eigenvalue weighted by atomic mass is 79.9. The molecule has 0 radical (unpaired) electrons. The Kier molecular flexibility index (Phi) is 4.97. The highest BCUT2D eigenvalue weighted by molar-refractivity contribution is 9.10. The molecule has 0 heterocycles. The van der Waals surface area contributed by atoms with Crippen molar-refractivity contribution in [1.82, 2.24) is 0 Å². The van der Waals surface area contributed by atoms with E-state index in [-0.39, 0.29) is 0 Å². The van der Waals surface area contributed by atoms with Crippen LogP contribution in [0.15, 0.2) is 46.9 Å². The van der Waals surface area contributed by atoms with Gasteiger partial charge in [0, 0.05) is 11.0 Å². The second-order valence-corrected chi connectivity index (χ2v) is 4.95. The first-order valence-electron chi connectivity index (χ1n) is 6.01. The van der Waals surface area contributed by atoms with Gasteiger partial charge in [0.15, 0.2) is 0 Å². The Morgan fingerprint density at radius 1 is 1.20 bits per heavy atom. The number of hydrogen-bond acceptors (Lipinski definition) is 3. The van der Waals surface area contributed by atoms with Gasteiger partial charge in [-0.1, -0.05) is 15.9 Å². The molecule has 0 unspecified atom stereocenters. The van der Waals surface area contributed by atoms with E-state index in [1.165, 1.54) is 6.07 Å². The molecule has 102 valence electrons. The lowest BCUT2D eigenvalue weighted by molar-refractivity contribution is 0.332. The zero-order valence-electron chi connectivity index (χ0n) is 10.6. The molecule has 0 saturated heterocycles. The van der Waals surface area contributed by atoms with Crippen LogP contribution in [0, 0.1) is 17.1 Å². The zero-order valence-corrected chi connectivity index (χ0v) is 12.2. The standard InChI is InChI=1S/C15H12BrFN2O/c16-12-2-4-13(5-3-12)20-8-7-19-15-6-1-11(10-18)9-14(15)17/h1-6,9,19H,7-8H2. The van der Waals surface area contributed by atoms with Crippen molar-refractivity contribution < 1.29 is 9.13 Å². The molecule has 0 spiro atoms. The maximum absolute atomic E-state index is 13.6. The first kappa shape index (κ1) is 14.4. The Morgan fingerprint density at radius 2 is 1.95 bits per heavy atom. The minimum absolute atomic E-state index is 0.305. The summed E-state index contributed by atoms with van der Waals surface area (Å²) < 4.78 is 20.1.